The van der Waals surface area contributed by atoms with Crippen LogP contribution >= 0.6 is 0 Å². The van der Waals surface area contributed by atoms with E-state index in [1.165, 1.54) is 25.9 Å². The maximum Gasteiger partial charge on any atom is 0.238 e. The van der Waals surface area contributed by atoms with Gasteiger partial charge in [0.15, 0.2) is 0 Å². The van der Waals surface area contributed by atoms with Crippen molar-refractivity contribution in [2.45, 2.75) is 33.2 Å². The molecule has 1 aromatic heterocycles. The van der Waals surface area contributed by atoms with Gasteiger partial charge in [0.05, 0.1) is 5.69 Å². The van der Waals surface area contributed by atoms with E-state index in [0.29, 0.717) is 19.0 Å². The zero-order chi connectivity index (χ0) is 13.0. The molecule has 1 aliphatic rings. The number of nitrogens with zero attached hydrogens (tertiary/aromatic N) is 3. The first-order chi connectivity index (χ1) is 8.72. The van der Waals surface area contributed by atoms with Crippen LogP contribution in [-0.2, 0) is 6.54 Å². The van der Waals surface area contributed by atoms with E-state index in [1.807, 2.05) is 13.8 Å². The van der Waals surface area contributed by atoms with Gasteiger partial charge < -0.3 is 10.5 Å². The molecule has 2 N–H and O–H groups in total. The molecule has 0 amide bonds. The summed E-state index contributed by atoms with van der Waals surface area (Å²) >= 11 is 0. The highest BCUT2D eigenvalue weighted by atomic mass is 16.5. The fourth-order valence-electron chi connectivity index (χ4n) is 2.27. The molecular weight excluding hydrogens is 228 g/mol. The van der Waals surface area contributed by atoms with Crippen LogP contribution < -0.4 is 10.5 Å². The lowest BCUT2D eigenvalue weighted by atomic mass is 10.1. The second-order valence-electron chi connectivity index (χ2n) is 4.80. The minimum Gasteiger partial charge on any atom is -0.475 e. The number of nitrogens with two attached hydrogens (primary N) is 1. The molecule has 1 aliphatic heterocycles. The summed E-state index contributed by atoms with van der Waals surface area (Å²) in [6, 6.07) is 0. The normalized spacial score (nSPS) is 16.2. The van der Waals surface area contributed by atoms with E-state index < -0.39 is 0 Å². The molecule has 5 heteroatoms. The van der Waals surface area contributed by atoms with Crippen LogP contribution in [0.1, 0.15) is 29.7 Å². The molecule has 1 aromatic rings. The summed E-state index contributed by atoms with van der Waals surface area (Å²) in [6.45, 7) is 8.39. The Kier molecular flexibility index (Phi) is 4.49. The van der Waals surface area contributed by atoms with Gasteiger partial charge in [-0.15, -0.1) is 5.10 Å². The van der Waals surface area contributed by atoms with Crippen molar-refractivity contribution in [3.63, 3.8) is 0 Å². The van der Waals surface area contributed by atoms with Crippen LogP contribution in [0.3, 0.4) is 0 Å². The molecule has 0 saturated carbocycles. The molecule has 1 saturated heterocycles. The van der Waals surface area contributed by atoms with Crippen molar-refractivity contribution in [1.29, 1.82) is 0 Å². The maximum atomic E-state index is 5.76. The number of likely N-dealkylation sites (tertiary alicyclic amines) is 1. The van der Waals surface area contributed by atoms with E-state index in [2.05, 4.69) is 15.1 Å². The van der Waals surface area contributed by atoms with Gasteiger partial charge in [-0.05, 0) is 45.3 Å². The van der Waals surface area contributed by atoms with Gasteiger partial charge in [-0.1, -0.05) is 0 Å². The van der Waals surface area contributed by atoms with E-state index in [4.69, 9.17) is 10.5 Å². The van der Waals surface area contributed by atoms with E-state index in [0.717, 1.165) is 23.4 Å². The van der Waals surface area contributed by atoms with Gasteiger partial charge in [0.25, 0.3) is 0 Å². The first kappa shape index (κ1) is 13.2. The molecule has 0 aromatic carbocycles. The Labute approximate surface area is 108 Å². The lowest BCUT2D eigenvalue weighted by Gasteiger charge is -2.16. The van der Waals surface area contributed by atoms with Crippen LogP contribution in [0.4, 0.5) is 0 Å². The van der Waals surface area contributed by atoms with Crippen molar-refractivity contribution in [3.05, 3.63) is 16.8 Å². The summed E-state index contributed by atoms with van der Waals surface area (Å²) in [5.74, 6) is 0.597. The Morgan fingerprint density at radius 3 is 2.61 bits per heavy atom. The van der Waals surface area contributed by atoms with Crippen LogP contribution in [-0.4, -0.2) is 41.3 Å². The first-order valence-corrected chi connectivity index (χ1v) is 6.60. The van der Waals surface area contributed by atoms with E-state index in [9.17, 15) is 0 Å². The van der Waals surface area contributed by atoms with Crippen LogP contribution in [0, 0.1) is 13.8 Å². The van der Waals surface area contributed by atoms with Crippen LogP contribution in [0.25, 0.3) is 0 Å². The number of aryl methyl sites for hydroxylation is 1. The van der Waals surface area contributed by atoms with Gasteiger partial charge in [0.1, 0.15) is 6.61 Å². The molecule has 0 aliphatic carbocycles. The highest BCUT2D eigenvalue weighted by Gasteiger charge is 2.13. The monoisotopic (exact) mass is 250 g/mol. The molecule has 1 fully saturated rings. The molecule has 5 nitrogen and oxygen atoms in total. The summed E-state index contributed by atoms with van der Waals surface area (Å²) in [5, 5.41) is 8.20. The maximum absolute atomic E-state index is 5.76. The third-order valence-electron chi connectivity index (χ3n) is 3.59. The van der Waals surface area contributed by atoms with Gasteiger partial charge in [-0.25, -0.2) is 0 Å². The third kappa shape index (κ3) is 2.97. The first-order valence-electron chi connectivity index (χ1n) is 6.60. The largest absolute Gasteiger partial charge is 0.475 e. The topological polar surface area (TPSA) is 64.3 Å². The predicted octanol–water partition coefficient (Wildman–Crippen LogP) is 1.03. The molecule has 0 spiro atoms. The quantitative estimate of drug-likeness (QED) is 0.845. The average Bonchev–Trinajstić information content (AvgIpc) is 2.87. The third-order valence-corrected chi connectivity index (χ3v) is 3.59. The Morgan fingerprint density at radius 1 is 1.22 bits per heavy atom. The number of hydrogen-bond donors (Lipinski definition) is 1. The summed E-state index contributed by atoms with van der Waals surface area (Å²) in [5.41, 5.74) is 8.74. The minimum absolute atomic E-state index is 0.446. The molecule has 0 radical (unpaired) electrons. The van der Waals surface area contributed by atoms with Crippen LogP contribution in [0.5, 0.6) is 5.88 Å². The molecule has 0 atom stereocenters. The van der Waals surface area contributed by atoms with Gasteiger partial charge in [0, 0.05) is 18.7 Å². The lowest BCUT2D eigenvalue weighted by Crippen LogP contribution is -2.25. The van der Waals surface area contributed by atoms with E-state index in [-0.39, 0.29) is 0 Å². The van der Waals surface area contributed by atoms with Crippen molar-refractivity contribution in [3.8, 4) is 5.88 Å². The Bertz CT molecular complexity index is 402. The van der Waals surface area contributed by atoms with Crippen molar-refractivity contribution >= 4 is 0 Å². The standard InChI is InChI=1S/C13H22N4O/c1-10-11(2)15-16-13(12(10)9-14)18-8-7-17-5-3-4-6-17/h3-9,14H2,1-2H3. The fourth-order valence-corrected chi connectivity index (χ4v) is 2.27. The smallest absolute Gasteiger partial charge is 0.238 e. The highest BCUT2D eigenvalue weighted by Crippen LogP contribution is 2.19. The molecule has 0 bridgehead atoms. The van der Waals surface area contributed by atoms with E-state index in [1.54, 1.807) is 0 Å². The number of aromatic nitrogens is 2. The van der Waals surface area contributed by atoms with Gasteiger partial charge in [-0.2, -0.15) is 5.10 Å². The zero-order valence-electron chi connectivity index (χ0n) is 11.3. The fraction of sp³-hybridized carbons (Fsp3) is 0.692. The van der Waals surface area contributed by atoms with Crippen molar-refractivity contribution in [2.24, 2.45) is 5.73 Å². The lowest BCUT2D eigenvalue weighted by molar-refractivity contribution is 0.228. The molecular formula is C13H22N4O. The van der Waals surface area contributed by atoms with Gasteiger partial charge in [-0.3, -0.25) is 4.90 Å². The number of rotatable bonds is 5. The summed E-state index contributed by atoms with van der Waals surface area (Å²) in [6.07, 6.45) is 2.61. The zero-order valence-corrected chi connectivity index (χ0v) is 11.3. The molecule has 0 unspecified atom stereocenters. The van der Waals surface area contributed by atoms with Crippen molar-refractivity contribution in [1.82, 2.24) is 15.1 Å². The molecule has 2 rings (SSSR count). The van der Waals surface area contributed by atoms with Gasteiger partial charge in [0.2, 0.25) is 5.88 Å². The molecule has 100 valence electrons. The number of hydrogen-bond acceptors (Lipinski definition) is 5. The summed E-state index contributed by atoms with van der Waals surface area (Å²) in [7, 11) is 0. The van der Waals surface area contributed by atoms with Crippen LogP contribution in [0.2, 0.25) is 0 Å². The van der Waals surface area contributed by atoms with E-state index >= 15 is 0 Å². The Hall–Kier alpha value is -1.20. The van der Waals surface area contributed by atoms with Crippen LogP contribution in [0.15, 0.2) is 0 Å². The number of ether oxygens (including phenoxy) is 1. The second-order valence-corrected chi connectivity index (χ2v) is 4.80. The minimum atomic E-state index is 0.446. The average molecular weight is 250 g/mol. The molecule has 18 heavy (non-hydrogen) atoms. The Balaban J connectivity index is 1.94. The van der Waals surface area contributed by atoms with Crippen molar-refractivity contribution < 1.29 is 4.74 Å². The molecule has 2 heterocycles. The Morgan fingerprint density at radius 2 is 1.94 bits per heavy atom. The summed E-state index contributed by atoms with van der Waals surface area (Å²) < 4.78 is 5.73. The highest BCUT2D eigenvalue weighted by molar-refractivity contribution is 5.34. The SMILES string of the molecule is Cc1nnc(OCCN2CCCC2)c(CN)c1C. The predicted molar refractivity (Wildman–Crippen MR) is 70.6 cm³/mol. The van der Waals surface area contributed by atoms with Gasteiger partial charge >= 0.3 is 0 Å². The summed E-state index contributed by atoms with van der Waals surface area (Å²) in [4.78, 5) is 2.41. The van der Waals surface area contributed by atoms with Crippen molar-refractivity contribution in [2.75, 3.05) is 26.2 Å². The second kappa shape index (κ2) is 6.11.